The number of halogens is 1. The van der Waals surface area contributed by atoms with Gasteiger partial charge in [-0.2, -0.15) is 0 Å². The summed E-state index contributed by atoms with van der Waals surface area (Å²) in [6.07, 6.45) is 1.20. The summed E-state index contributed by atoms with van der Waals surface area (Å²) in [6, 6.07) is 14.8. The van der Waals surface area contributed by atoms with E-state index < -0.39 is 9.84 Å². The molecule has 0 atom stereocenters. The van der Waals surface area contributed by atoms with Crippen molar-refractivity contribution in [3.63, 3.8) is 0 Å². The van der Waals surface area contributed by atoms with E-state index in [9.17, 15) is 8.42 Å². The van der Waals surface area contributed by atoms with E-state index >= 15 is 0 Å². The number of aryl methyl sites for hydroxylation is 1. The minimum absolute atomic E-state index is 0.353. The summed E-state index contributed by atoms with van der Waals surface area (Å²) >= 11 is 7.50. The minimum Gasteiger partial charge on any atom is -0.348 e. The number of thiazole rings is 1. The molecule has 4 nitrogen and oxygen atoms in total. The quantitative estimate of drug-likeness (QED) is 0.567. The van der Waals surface area contributed by atoms with Crippen molar-refractivity contribution in [2.75, 3.05) is 18.0 Å². The van der Waals surface area contributed by atoms with E-state index in [0.29, 0.717) is 35.8 Å². The van der Waals surface area contributed by atoms with E-state index in [-0.39, 0.29) is 5.25 Å². The predicted octanol–water partition coefficient (Wildman–Crippen LogP) is 5.21. The number of sulfone groups is 1. The summed E-state index contributed by atoms with van der Waals surface area (Å²) in [5.41, 5.74) is 3.29. The predicted molar refractivity (Wildman–Crippen MR) is 116 cm³/mol. The first kappa shape index (κ1) is 19.4. The molecule has 1 aliphatic rings. The fraction of sp³-hybridized carbons (Fsp3) is 0.286. The molecule has 1 aliphatic heterocycles. The molecule has 0 radical (unpaired) electrons. The highest BCUT2D eigenvalue weighted by Crippen LogP contribution is 2.32. The molecule has 2 aromatic carbocycles. The van der Waals surface area contributed by atoms with E-state index in [1.807, 2.05) is 6.07 Å². The van der Waals surface area contributed by atoms with Crippen molar-refractivity contribution in [3.05, 3.63) is 64.5 Å². The van der Waals surface area contributed by atoms with Gasteiger partial charge in [-0.3, -0.25) is 0 Å². The van der Waals surface area contributed by atoms with Gasteiger partial charge in [0.15, 0.2) is 15.0 Å². The Balaban J connectivity index is 1.45. The summed E-state index contributed by atoms with van der Waals surface area (Å²) in [6.45, 7) is 3.46. The zero-order valence-corrected chi connectivity index (χ0v) is 17.9. The van der Waals surface area contributed by atoms with Gasteiger partial charge < -0.3 is 4.90 Å². The molecule has 0 saturated carbocycles. The Hall–Kier alpha value is -1.89. The average molecular weight is 433 g/mol. The lowest BCUT2D eigenvalue weighted by Crippen LogP contribution is -2.39. The molecule has 3 aromatic rings. The number of hydrogen-bond donors (Lipinski definition) is 0. The highest BCUT2D eigenvalue weighted by atomic mass is 35.5. The van der Waals surface area contributed by atoms with Crippen LogP contribution in [0.2, 0.25) is 5.02 Å². The Labute approximate surface area is 174 Å². The lowest BCUT2D eigenvalue weighted by Gasteiger charge is -2.31. The highest BCUT2D eigenvalue weighted by molar-refractivity contribution is 7.92. The third-order valence-corrected chi connectivity index (χ3v) is 8.53. The zero-order valence-electron chi connectivity index (χ0n) is 15.5. The molecule has 0 spiro atoms. The van der Waals surface area contributed by atoms with E-state index in [4.69, 9.17) is 16.6 Å². The van der Waals surface area contributed by atoms with Crippen molar-refractivity contribution in [2.24, 2.45) is 0 Å². The Morgan fingerprint density at radius 1 is 1.11 bits per heavy atom. The van der Waals surface area contributed by atoms with Crippen LogP contribution in [0.4, 0.5) is 5.13 Å². The fourth-order valence-electron chi connectivity index (χ4n) is 3.52. The lowest BCUT2D eigenvalue weighted by atomic mass is 10.1. The van der Waals surface area contributed by atoms with E-state index in [1.54, 1.807) is 35.6 Å². The number of nitrogens with zero attached hydrogens (tertiary/aromatic N) is 2. The Morgan fingerprint density at radius 2 is 1.82 bits per heavy atom. The van der Waals surface area contributed by atoms with Crippen LogP contribution in [0.3, 0.4) is 0 Å². The molecule has 0 aliphatic carbocycles. The number of piperidine rings is 1. The molecule has 4 rings (SSSR count). The van der Waals surface area contributed by atoms with Crippen molar-refractivity contribution >= 4 is 37.9 Å². The monoisotopic (exact) mass is 432 g/mol. The third kappa shape index (κ3) is 3.95. The standard InChI is InChI=1S/C21H21ClN2O2S2/c1-15-3-2-4-16(13-15)20-14-27-21(23-20)24-11-9-19(10-12-24)28(25,26)18-7-5-17(22)6-8-18/h2-8,13-14,19H,9-12H2,1H3. The maximum absolute atomic E-state index is 12.9. The highest BCUT2D eigenvalue weighted by Gasteiger charge is 2.32. The molecule has 0 amide bonds. The lowest BCUT2D eigenvalue weighted by molar-refractivity contribution is 0.529. The Kier molecular flexibility index (Phi) is 5.45. The second-order valence-electron chi connectivity index (χ2n) is 7.07. The van der Waals surface area contributed by atoms with Crippen molar-refractivity contribution in [2.45, 2.75) is 29.9 Å². The van der Waals surface area contributed by atoms with Crippen LogP contribution in [0, 0.1) is 6.92 Å². The molecular weight excluding hydrogens is 412 g/mol. The van der Waals surface area contributed by atoms with Gasteiger partial charge in [0, 0.05) is 29.1 Å². The minimum atomic E-state index is -3.33. The molecule has 0 unspecified atom stereocenters. The van der Waals surface area contributed by atoms with Gasteiger partial charge in [-0.15, -0.1) is 11.3 Å². The molecule has 146 valence electrons. The van der Waals surface area contributed by atoms with E-state index in [1.165, 1.54) is 5.56 Å². The zero-order chi connectivity index (χ0) is 19.7. The van der Waals surface area contributed by atoms with Gasteiger partial charge in [-0.25, -0.2) is 13.4 Å². The number of hydrogen-bond acceptors (Lipinski definition) is 5. The van der Waals surface area contributed by atoms with Crippen LogP contribution >= 0.6 is 22.9 Å². The first-order chi connectivity index (χ1) is 13.4. The largest absolute Gasteiger partial charge is 0.348 e. The fourth-order valence-corrected chi connectivity index (χ4v) is 6.27. The summed E-state index contributed by atoms with van der Waals surface area (Å²) in [4.78, 5) is 7.33. The van der Waals surface area contributed by atoms with Gasteiger partial charge in [-0.1, -0.05) is 35.4 Å². The molecule has 1 fully saturated rings. The maximum Gasteiger partial charge on any atom is 0.185 e. The average Bonchev–Trinajstić information content (AvgIpc) is 3.19. The summed E-state index contributed by atoms with van der Waals surface area (Å²) < 4.78 is 25.8. The van der Waals surface area contributed by atoms with Gasteiger partial charge in [0.2, 0.25) is 0 Å². The van der Waals surface area contributed by atoms with E-state index in [0.717, 1.165) is 16.4 Å². The van der Waals surface area contributed by atoms with Gasteiger partial charge in [-0.05, 0) is 50.1 Å². The molecule has 28 heavy (non-hydrogen) atoms. The molecule has 0 N–H and O–H groups in total. The number of benzene rings is 2. The molecule has 7 heteroatoms. The van der Waals surface area contributed by atoms with Gasteiger partial charge in [0.1, 0.15) is 0 Å². The first-order valence-electron chi connectivity index (χ1n) is 9.20. The Bertz CT molecular complexity index is 1070. The van der Waals surface area contributed by atoms with Crippen molar-refractivity contribution in [1.82, 2.24) is 4.98 Å². The van der Waals surface area contributed by atoms with Gasteiger partial charge in [0.05, 0.1) is 15.8 Å². The second-order valence-corrected chi connectivity index (χ2v) is 10.6. The summed E-state index contributed by atoms with van der Waals surface area (Å²) in [5.74, 6) is 0. The van der Waals surface area contributed by atoms with Crippen LogP contribution < -0.4 is 4.90 Å². The molecule has 0 bridgehead atoms. The maximum atomic E-state index is 12.9. The summed E-state index contributed by atoms with van der Waals surface area (Å²) in [7, 11) is -3.33. The Morgan fingerprint density at radius 3 is 2.50 bits per heavy atom. The normalized spacial score (nSPS) is 15.7. The molecule has 2 heterocycles. The number of aromatic nitrogens is 1. The number of anilines is 1. The molecule has 1 saturated heterocycles. The third-order valence-electron chi connectivity index (χ3n) is 5.10. The van der Waals surface area contributed by atoms with Crippen LogP contribution in [-0.2, 0) is 9.84 Å². The first-order valence-corrected chi connectivity index (χ1v) is 12.0. The topological polar surface area (TPSA) is 50.3 Å². The van der Waals surface area contributed by atoms with E-state index in [2.05, 4.69) is 35.4 Å². The SMILES string of the molecule is Cc1cccc(-c2csc(N3CCC(S(=O)(=O)c4ccc(Cl)cc4)CC3)n2)c1. The van der Waals surface area contributed by atoms with Crippen LogP contribution in [0.25, 0.3) is 11.3 Å². The molecular formula is C21H21ClN2O2S2. The van der Waals surface area contributed by atoms with Gasteiger partial charge >= 0.3 is 0 Å². The van der Waals surface area contributed by atoms with Crippen molar-refractivity contribution in [1.29, 1.82) is 0 Å². The smallest absolute Gasteiger partial charge is 0.185 e. The van der Waals surface area contributed by atoms with Crippen LogP contribution in [0.1, 0.15) is 18.4 Å². The van der Waals surface area contributed by atoms with Crippen LogP contribution in [0.15, 0.2) is 58.8 Å². The summed E-state index contributed by atoms with van der Waals surface area (Å²) in [5, 5.41) is 3.21. The van der Waals surface area contributed by atoms with Crippen molar-refractivity contribution < 1.29 is 8.42 Å². The van der Waals surface area contributed by atoms with Crippen LogP contribution in [-0.4, -0.2) is 31.7 Å². The molecule has 1 aromatic heterocycles. The van der Waals surface area contributed by atoms with Crippen LogP contribution in [0.5, 0.6) is 0 Å². The second kappa shape index (κ2) is 7.85. The van der Waals surface area contributed by atoms with Crippen molar-refractivity contribution in [3.8, 4) is 11.3 Å². The number of rotatable bonds is 4. The van der Waals surface area contributed by atoms with Gasteiger partial charge in [0.25, 0.3) is 0 Å².